The molecule has 0 radical (unpaired) electrons. The molecule has 4 N–H and O–H groups in total. The molecule has 3 aromatic heterocycles. The Labute approximate surface area is 189 Å². The summed E-state index contributed by atoms with van der Waals surface area (Å²) in [6.45, 7) is 4.58. The van der Waals surface area contributed by atoms with E-state index in [4.69, 9.17) is 4.98 Å². The molecule has 0 saturated carbocycles. The molecule has 8 nitrogen and oxygen atoms in total. The van der Waals surface area contributed by atoms with Crippen molar-refractivity contribution in [3.8, 4) is 0 Å². The smallest absolute Gasteiger partial charge is 0.191 e. The van der Waals surface area contributed by atoms with E-state index >= 15 is 0 Å². The maximum Gasteiger partial charge on any atom is 0.191 e. The first kappa shape index (κ1) is 21.5. The van der Waals surface area contributed by atoms with Gasteiger partial charge in [-0.3, -0.25) is 0 Å². The van der Waals surface area contributed by atoms with E-state index in [-0.39, 0.29) is 6.61 Å². The van der Waals surface area contributed by atoms with Crippen LogP contribution in [0.3, 0.4) is 0 Å². The summed E-state index contributed by atoms with van der Waals surface area (Å²) in [6, 6.07) is 10.2. The zero-order valence-electron chi connectivity index (χ0n) is 17.4. The van der Waals surface area contributed by atoms with Crippen molar-refractivity contribution >= 4 is 44.4 Å². The van der Waals surface area contributed by atoms with Crippen LogP contribution in [0, 0.1) is 0 Å². The summed E-state index contributed by atoms with van der Waals surface area (Å²) in [7, 11) is 0. The molecular formula is C21H25N7OS2. The highest BCUT2D eigenvalue weighted by atomic mass is 32.2. The van der Waals surface area contributed by atoms with E-state index in [2.05, 4.69) is 42.7 Å². The Hall–Kier alpha value is -2.69. The van der Waals surface area contributed by atoms with Gasteiger partial charge in [-0.2, -0.15) is 4.98 Å². The molecule has 0 atom stereocenters. The number of hydrogen-bond acceptors (Lipinski definition) is 9. The van der Waals surface area contributed by atoms with Gasteiger partial charge in [0.2, 0.25) is 0 Å². The number of H-pyrrole nitrogens is 1. The molecule has 10 heteroatoms. The van der Waals surface area contributed by atoms with Crippen molar-refractivity contribution in [3.05, 3.63) is 54.1 Å². The van der Waals surface area contributed by atoms with Crippen LogP contribution >= 0.6 is 23.1 Å². The summed E-state index contributed by atoms with van der Waals surface area (Å²) >= 11 is 3.08. The molecule has 0 spiro atoms. The summed E-state index contributed by atoms with van der Waals surface area (Å²) in [5.74, 6) is 1.47. The molecule has 31 heavy (non-hydrogen) atoms. The summed E-state index contributed by atoms with van der Waals surface area (Å²) in [5, 5.41) is 17.9. The first-order chi connectivity index (χ1) is 15.0. The second-order valence-corrected chi connectivity index (χ2v) is 9.66. The van der Waals surface area contributed by atoms with Gasteiger partial charge in [-0.15, -0.1) is 0 Å². The summed E-state index contributed by atoms with van der Waals surface area (Å²) in [4.78, 5) is 21.2. The number of anilines is 2. The number of aromatic nitrogens is 5. The van der Waals surface area contributed by atoms with Crippen molar-refractivity contribution in [2.75, 3.05) is 23.8 Å². The minimum atomic E-state index is -0.513. The van der Waals surface area contributed by atoms with Crippen LogP contribution in [0.2, 0.25) is 0 Å². The van der Waals surface area contributed by atoms with Crippen molar-refractivity contribution in [2.24, 2.45) is 0 Å². The number of thioether (sulfide) groups is 1. The Morgan fingerprint density at radius 2 is 2.00 bits per heavy atom. The Bertz CT molecular complexity index is 1110. The average molecular weight is 456 g/mol. The maximum atomic E-state index is 9.72. The lowest BCUT2D eigenvalue weighted by atomic mass is 10.1. The summed E-state index contributed by atoms with van der Waals surface area (Å²) < 4.78 is 0.870. The van der Waals surface area contributed by atoms with Crippen LogP contribution in [0.5, 0.6) is 0 Å². The topological polar surface area (TPSA) is 112 Å². The molecule has 162 valence electrons. The number of aromatic amines is 1. The molecule has 0 bridgehead atoms. The van der Waals surface area contributed by atoms with E-state index in [9.17, 15) is 5.11 Å². The van der Waals surface area contributed by atoms with Crippen LogP contribution in [0.1, 0.15) is 25.1 Å². The number of imidazole rings is 1. The van der Waals surface area contributed by atoms with Crippen molar-refractivity contribution < 1.29 is 5.11 Å². The highest BCUT2D eigenvalue weighted by molar-refractivity contribution is 7.98. The standard InChI is InChI=1S/C21H25N7OS2/c1-21(2,12-29)28-18-16-17(25-19(31-16)23-9-8-15-10-22-13-24-15)26-20(27-18)30-11-14-6-4-3-5-7-14/h3-7,10,13,29H,8-9,11-12H2,1-2H3,(H,22,24)(H2,23,25,26,27,28). The van der Waals surface area contributed by atoms with Gasteiger partial charge in [-0.1, -0.05) is 53.4 Å². The molecule has 4 aromatic rings. The second-order valence-electron chi connectivity index (χ2n) is 7.72. The molecule has 1 aromatic carbocycles. The van der Waals surface area contributed by atoms with Crippen molar-refractivity contribution in [3.63, 3.8) is 0 Å². The quantitative estimate of drug-likeness (QED) is 0.210. The molecule has 0 unspecified atom stereocenters. The lowest BCUT2D eigenvalue weighted by Crippen LogP contribution is -2.35. The van der Waals surface area contributed by atoms with Crippen molar-refractivity contribution in [1.29, 1.82) is 0 Å². The zero-order valence-corrected chi connectivity index (χ0v) is 19.1. The number of fused-ring (bicyclic) bond motifs is 1. The fourth-order valence-corrected chi connectivity index (χ4v) is 4.51. The summed E-state index contributed by atoms with van der Waals surface area (Å²) in [5.41, 5.74) is 2.41. The third-order valence-electron chi connectivity index (χ3n) is 4.52. The van der Waals surface area contributed by atoms with E-state index in [0.29, 0.717) is 16.6 Å². The second kappa shape index (κ2) is 9.63. The molecule has 0 aliphatic heterocycles. The number of thiazole rings is 1. The first-order valence-electron chi connectivity index (χ1n) is 9.98. The number of nitrogens with zero attached hydrogens (tertiary/aromatic N) is 4. The van der Waals surface area contributed by atoms with E-state index in [0.717, 1.165) is 34.2 Å². The van der Waals surface area contributed by atoms with Crippen LogP contribution in [-0.2, 0) is 12.2 Å². The maximum absolute atomic E-state index is 9.72. The van der Waals surface area contributed by atoms with E-state index < -0.39 is 5.54 Å². The number of aliphatic hydroxyl groups excluding tert-OH is 1. The fourth-order valence-electron chi connectivity index (χ4n) is 2.84. The highest BCUT2D eigenvalue weighted by Gasteiger charge is 2.21. The highest BCUT2D eigenvalue weighted by Crippen LogP contribution is 2.33. The molecular weight excluding hydrogens is 430 g/mol. The number of benzene rings is 1. The molecule has 4 rings (SSSR count). The van der Waals surface area contributed by atoms with Gasteiger partial charge in [-0.25, -0.2) is 15.0 Å². The minimum Gasteiger partial charge on any atom is -0.394 e. The molecule has 3 heterocycles. The van der Waals surface area contributed by atoms with E-state index in [1.165, 1.54) is 16.9 Å². The molecule has 0 fully saturated rings. The lowest BCUT2D eigenvalue weighted by molar-refractivity contribution is 0.234. The SMILES string of the molecule is CC(C)(CO)Nc1nc(SCc2ccccc2)nc2nc(NCCc3cnc[nH]3)sc12. The third-order valence-corrected chi connectivity index (χ3v) is 6.45. The molecule has 0 amide bonds. The lowest BCUT2D eigenvalue weighted by Gasteiger charge is -2.24. The van der Waals surface area contributed by atoms with E-state index in [1.807, 2.05) is 38.2 Å². The third kappa shape index (κ3) is 5.72. The van der Waals surface area contributed by atoms with Crippen LogP contribution < -0.4 is 10.6 Å². The Morgan fingerprint density at radius 1 is 1.16 bits per heavy atom. The van der Waals surface area contributed by atoms with Crippen LogP contribution in [0.4, 0.5) is 10.9 Å². The van der Waals surface area contributed by atoms with Crippen LogP contribution in [-0.4, -0.2) is 48.7 Å². The van der Waals surface area contributed by atoms with Gasteiger partial charge in [0.05, 0.1) is 18.5 Å². The van der Waals surface area contributed by atoms with Crippen LogP contribution in [0.25, 0.3) is 10.3 Å². The molecule has 0 aliphatic carbocycles. The van der Waals surface area contributed by atoms with Crippen LogP contribution in [0.15, 0.2) is 48.0 Å². The Morgan fingerprint density at radius 3 is 2.74 bits per heavy atom. The van der Waals surface area contributed by atoms with E-state index in [1.54, 1.807) is 18.1 Å². The predicted octanol–water partition coefficient (Wildman–Crippen LogP) is 3.94. The van der Waals surface area contributed by atoms with Crippen molar-refractivity contribution in [2.45, 2.75) is 36.7 Å². The minimum absolute atomic E-state index is 0.0148. The first-order valence-corrected chi connectivity index (χ1v) is 11.8. The number of hydrogen-bond donors (Lipinski definition) is 4. The van der Waals surface area contributed by atoms with Gasteiger partial charge in [-0.05, 0) is 19.4 Å². The van der Waals surface area contributed by atoms with Gasteiger partial charge < -0.3 is 20.7 Å². The van der Waals surface area contributed by atoms with Gasteiger partial charge in [0.1, 0.15) is 4.70 Å². The largest absolute Gasteiger partial charge is 0.394 e. The number of rotatable bonds is 10. The van der Waals surface area contributed by atoms with Gasteiger partial charge in [0.15, 0.2) is 21.8 Å². The number of nitrogens with one attached hydrogen (secondary N) is 3. The summed E-state index contributed by atoms with van der Waals surface area (Å²) in [6.07, 6.45) is 4.32. The average Bonchev–Trinajstić information content (AvgIpc) is 3.43. The molecule has 0 aliphatic rings. The monoisotopic (exact) mass is 455 g/mol. The predicted molar refractivity (Wildman–Crippen MR) is 127 cm³/mol. The Balaban J connectivity index is 1.56. The fraction of sp³-hybridized carbons (Fsp3) is 0.333. The Kier molecular flexibility index (Phi) is 6.69. The molecule has 0 saturated heterocycles. The van der Waals surface area contributed by atoms with Gasteiger partial charge in [0, 0.05) is 30.6 Å². The van der Waals surface area contributed by atoms with Crippen molar-refractivity contribution in [1.82, 2.24) is 24.9 Å². The van der Waals surface area contributed by atoms with Gasteiger partial charge in [0.25, 0.3) is 0 Å². The van der Waals surface area contributed by atoms with Gasteiger partial charge >= 0.3 is 0 Å². The normalized spacial score (nSPS) is 11.7. The zero-order chi connectivity index (χ0) is 21.7. The number of aliphatic hydroxyl groups is 1.